The minimum Gasteiger partial charge on any atom is -0.361 e. The molecule has 29 heavy (non-hydrogen) atoms. The van der Waals surface area contributed by atoms with E-state index in [4.69, 9.17) is 9.51 Å². The third-order valence-electron chi connectivity index (χ3n) is 5.05. The van der Waals surface area contributed by atoms with Crippen molar-refractivity contribution in [2.75, 3.05) is 5.32 Å². The molecule has 1 N–H and O–H groups in total. The smallest absolute Gasteiger partial charge is 0.143 e. The van der Waals surface area contributed by atoms with E-state index < -0.39 is 0 Å². The zero-order valence-corrected chi connectivity index (χ0v) is 16.3. The normalized spacial score (nSPS) is 11.1. The van der Waals surface area contributed by atoms with Gasteiger partial charge in [0, 0.05) is 23.0 Å². The molecule has 0 saturated heterocycles. The summed E-state index contributed by atoms with van der Waals surface area (Å²) in [6, 6.07) is 24.5. The van der Waals surface area contributed by atoms with Gasteiger partial charge in [0.2, 0.25) is 0 Å². The molecular formula is C24H20N4O. The number of para-hydroxylation sites is 1. The van der Waals surface area contributed by atoms with E-state index in [9.17, 15) is 0 Å². The molecule has 3 heterocycles. The lowest BCUT2D eigenvalue weighted by atomic mass is 10.0. The summed E-state index contributed by atoms with van der Waals surface area (Å²) in [6.45, 7) is 3.90. The number of nitrogens with zero attached hydrogens (tertiary/aromatic N) is 3. The lowest BCUT2D eigenvalue weighted by molar-refractivity contribution is 0.393. The fourth-order valence-electron chi connectivity index (χ4n) is 3.66. The Morgan fingerprint density at radius 2 is 1.55 bits per heavy atom. The Bertz CT molecular complexity index is 1260. The molecule has 0 aliphatic heterocycles. The first-order valence-electron chi connectivity index (χ1n) is 9.53. The zero-order valence-electron chi connectivity index (χ0n) is 16.3. The molecule has 3 aromatic heterocycles. The van der Waals surface area contributed by atoms with Crippen LogP contribution in [0.4, 0.5) is 11.5 Å². The Morgan fingerprint density at radius 1 is 0.828 bits per heavy atom. The standard InChI is InChI=1S/C24H20N4O/c1-16-22(17(2)29-27-16)18-11-13-19(14-12-18)23-24(25-20-8-4-3-5-9-20)28-15-7-6-10-21(28)26-23/h3-15,25H,1-2H3. The Hall–Kier alpha value is -3.86. The molecule has 0 bridgehead atoms. The molecule has 5 rings (SSSR count). The fraction of sp³-hybridized carbons (Fsp3) is 0.0833. The van der Waals surface area contributed by atoms with Gasteiger partial charge in [-0.25, -0.2) is 4.98 Å². The van der Waals surface area contributed by atoms with Crippen molar-refractivity contribution in [3.8, 4) is 22.4 Å². The van der Waals surface area contributed by atoms with Crippen LogP contribution in [0.2, 0.25) is 0 Å². The molecule has 0 saturated carbocycles. The molecular weight excluding hydrogens is 360 g/mol. The van der Waals surface area contributed by atoms with E-state index in [1.54, 1.807) is 0 Å². The number of pyridine rings is 1. The van der Waals surface area contributed by atoms with Gasteiger partial charge >= 0.3 is 0 Å². The highest BCUT2D eigenvalue weighted by atomic mass is 16.5. The Labute approximate surface area is 168 Å². The van der Waals surface area contributed by atoms with E-state index in [0.29, 0.717) is 0 Å². The topological polar surface area (TPSA) is 55.4 Å². The second-order valence-electron chi connectivity index (χ2n) is 7.01. The van der Waals surface area contributed by atoms with E-state index in [0.717, 1.165) is 51.0 Å². The Kier molecular flexibility index (Phi) is 4.13. The van der Waals surface area contributed by atoms with Crippen LogP contribution in [0.1, 0.15) is 11.5 Å². The number of fused-ring (bicyclic) bond motifs is 1. The SMILES string of the molecule is Cc1noc(C)c1-c1ccc(-c2nc3ccccn3c2Nc2ccccc2)cc1. The largest absolute Gasteiger partial charge is 0.361 e. The van der Waals surface area contributed by atoms with Gasteiger partial charge in [-0.3, -0.25) is 4.40 Å². The van der Waals surface area contributed by atoms with E-state index in [1.165, 1.54) is 0 Å². The molecule has 2 aromatic carbocycles. The van der Waals surface area contributed by atoms with Crippen molar-refractivity contribution >= 4 is 17.2 Å². The van der Waals surface area contributed by atoms with Gasteiger partial charge in [0.1, 0.15) is 22.9 Å². The van der Waals surface area contributed by atoms with Gasteiger partial charge < -0.3 is 9.84 Å². The molecule has 0 unspecified atom stereocenters. The van der Waals surface area contributed by atoms with Gasteiger partial charge in [-0.2, -0.15) is 0 Å². The van der Waals surface area contributed by atoms with Gasteiger partial charge in [-0.15, -0.1) is 0 Å². The summed E-state index contributed by atoms with van der Waals surface area (Å²) >= 11 is 0. The maximum Gasteiger partial charge on any atom is 0.143 e. The van der Waals surface area contributed by atoms with Gasteiger partial charge in [-0.05, 0) is 43.7 Å². The van der Waals surface area contributed by atoms with Crippen LogP contribution in [0.3, 0.4) is 0 Å². The molecule has 142 valence electrons. The van der Waals surface area contributed by atoms with E-state index in [2.05, 4.69) is 39.1 Å². The van der Waals surface area contributed by atoms with Crippen molar-refractivity contribution < 1.29 is 4.52 Å². The fourth-order valence-corrected chi connectivity index (χ4v) is 3.66. The van der Waals surface area contributed by atoms with Crippen LogP contribution in [0.25, 0.3) is 28.0 Å². The molecule has 0 aliphatic rings. The highest BCUT2D eigenvalue weighted by Gasteiger charge is 2.16. The van der Waals surface area contributed by atoms with Crippen molar-refractivity contribution in [2.45, 2.75) is 13.8 Å². The first-order chi connectivity index (χ1) is 14.2. The van der Waals surface area contributed by atoms with Crippen LogP contribution < -0.4 is 5.32 Å². The van der Waals surface area contributed by atoms with Crippen LogP contribution in [-0.2, 0) is 0 Å². The van der Waals surface area contributed by atoms with Gasteiger partial charge in [0.25, 0.3) is 0 Å². The average Bonchev–Trinajstić information content (AvgIpc) is 3.29. The van der Waals surface area contributed by atoms with Crippen molar-refractivity contribution in [3.63, 3.8) is 0 Å². The molecule has 0 spiro atoms. The Morgan fingerprint density at radius 3 is 2.28 bits per heavy atom. The number of rotatable bonds is 4. The minimum atomic E-state index is 0.828. The molecule has 0 fully saturated rings. The van der Waals surface area contributed by atoms with Crippen molar-refractivity contribution in [1.82, 2.24) is 14.5 Å². The van der Waals surface area contributed by atoms with Crippen LogP contribution in [0, 0.1) is 13.8 Å². The summed E-state index contributed by atoms with van der Waals surface area (Å²) in [5, 5.41) is 7.59. The predicted molar refractivity (Wildman–Crippen MR) is 115 cm³/mol. The highest BCUT2D eigenvalue weighted by molar-refractivity contribution is 5.81. The number of hydrogen-bond acceptors (Lipinski definition) is 4. The summed E-state index contributed by atoms with van der Waals surface area (Å²) < 4.78 is 7.39. The van der Waals surface area contributed by atoms with Gasteiger partial charge in [-0.1, -0.05) is 53.7 Å². The number of aryl methyl sites for hydroxylation is 2. The van der Waals surface area contributed by atoms with Gasteiger partial charge in [0.15, 0.2) is 0 Å². The molecule has 5 nitrogen and oxygen atoms in total. The summed E-state index contributed by atoms with van der Waals surface area (Å²) in [6.07, 6.45) is 2.02. The maximum atomic E-state index is 5.31. The third kappa shape index (κ3) is 3.06. The minimum absolute atomic E-state index is 0.828. The average molecular weight is 380 g/mol. The second kappa shape index (κ2) is 6.95. The lowest BCUT2D eigenvalue weighted by Gasteiger charge is -2.09. The number of benzene rings is 2. The van der Waals surface area contributed by atoms with Crippen molar-refractivity contribution in [3.05, 3.63) is 90.4 Å². The molecule has 5 heteroatoms. The number of hydrogen-bond donors (Lipinski definition) is 1. The number of aromatic nitrogens is 3. The summed E-state index contributed by atoms with van der Waals surface area (Å²) in [7, 11) is 0. The molecule has 0 atom stereocenters. The van der Waals surface area contributed by atoms with Crippen LogP contribution in [-0.4, -0.2) is 14.5 Å². The quantitative estimate of drug-likeness (QED) is 0.414. The van der Waals surface area contributed by atoms with E-state index >= 15 is 0 Å². The van der Waals surface area contributed by atoms with E-state index in [1.807, 2.05) is 68.6 Å². The predicted octanol–water partition coefficient (Wildman–Crippen LogP) is 6.02. The van der Waals surface area contributed by atoms with Crippen LogP contribution >= 0.6 is 0 Å². The molecule has 0 amide bonds. The third-order valence-corrected chi connectivity index (χ3v) is 5.05. The first-order valence-corrected chi connectivity index (χ1v) is 9.53. The lowest BCUT2D eigenvalue weighted by Crippen LogP contribution is -1.96. The molecule has 0 radical (unpaired) electrons. The van der Waals surface area contributed by atoms with Crippen LogP contribution in [0.15, 0.2) is 83.5 Å². The second-order valence-corrected chi connectivity index (χ2v) is 7.01. The number of imidazole rings is 1. The van der Waals surface area contributed by atoms with Crippen molar-refractivity contribution in [2.24, 2.45) is 0 Å². The molecule has 5 aromatic rings. The maximum absolute atomic E-state index is 5.31. The first kappa shape index (κ1) is 17.3. The van der Waals surface area contributed by atoms with Gasteiger partial charge in [0.05, 0.1) is 5.69 Å². The summed E-state index contributed by atoms with van der Waals surface area (Å²) in [5.74, 6) is 1.77. The molecule has 0 aliphatic carbocycles. The number of nitrogens with one attached hydrogen (secondary N) is 1. The summed E-state index contributed by atoms with van der Waals surface area (Å²) in [4.78, 5) is 4.88. The highest BCUT2D eigenvalue weighted by Crippen LogP contribution is 2.33. The van der Waals surface area contributed by atoms with E-state index in [-0.39, 0.29) is 0 Å². The zero-order chi connectivity index (χ0) is 19.8. The summed E-state index contributed by atoms with van der Waals surface area (Å²) in [5.41, 5.74) is 6.91. The number of anilines is 2. The van der Waals surface area contributed by atoms with Crippen LogP contribution in [0.5, 0.6) is 0 Å². The Balaban J connectivity index is 1.60. The monoisotopic (exact) mass is 380 g/mol. The van der Waals surface area contributed by atoms with Crippen molar-refractivity contribution in [1.29, 1.82) is 0 Å².